The smallest absolute Gasteiger partial charge is 0.350 e. The number of nitro groups is 1. The van der Waals surface area contributed by atoms with Crippen molar-refractivity contribution in [2.24, 2.45) is 0 Å². The number of nitro benzene ring substituents is 1. The fourth-order valence-electron chi connectivity index (χ4n) is 4.74. The van der Waals surface area contributed by atoms with Crippen molar-refractivity contribution in [2.45, 2.75) is 26.5 Å². The average Bonchev–Trinajstić information content (AvgIpc) is 3.52. The molecule has 0 saturated carbocycles. The predicted molar refractivity (Wildman–Crippen MR) is 158 cm³/mol. The summed E-state index contributed by atoms with van der Waals surface area (Å²) in [7, 11) is 1.21. The number of nitrogens with zero attached hydrogens (tertiary/aromatic N) is 3. The highest BCUT2D eigenvalue weighted by molar-refractivity contribution is 7.17. The number of carbonyl (C=O) groups excluding carboxylic acids is 3. The Kier molecular flexibility index (Phi) is 8.04. The molecule has 3 aromatic carbocycles. The zero-order chi connectivity index (χ0) is 30.8. The second-order valence-corrected chi connectivity index (χ2v) is 10.7. The molecule has 0 bridgehead atoms. The minimum Gasteiger partial charge on any atom is -0.507 e. The molecule has 1 aliphatic rings. The Balaban J connectivity index is 1.59. The van der Waals surface area contributed by atoms with E-state index in [2.05, 4.69) is 4.98 Å². The largest absolute Gasteiger partial charge is 0.507 e. The number of aryl methyl sites for hydroxylation is 2. The van der Waals surface area contributed by atoms with E-state index in [4.69, 9.17) is 9.47 Å². The van der Waals surface area contributed by atoms with Crippen LogP contribution in [0, 0.1) is 24.0 Å². The summed E-state index contributed by atoms with van der Waals surface area (Å²) in [6.07, 6.45) is 0. The number of thiazole rings is 1. The van der Waals surface area contributed by atoms with Crippen LogP contribution in [0.5, 0.6) is 5.75 Å². The summed E-state index contributed by atoms with van der Waals surface area (Å²) in [5.41, 5.74) is 2.10. The summed E-state index contributed by atoms with van der Waals surface area (Å²) >= 11 is 0.858. The molecule has 4 aromatic rings. The van der Waals surface area contributed by atoms with Gasteiger partial charge in [-0.1, -0.05) is 41.7 Å². The third-order valence-electron chi connectivity index (χ3n) is 6.91. The van der Waals surface area contributed by atoms with Crippen LogP contribution in [0.15, 0.2) is 78.4 Å². The maximum absolute atomic E-state index is 13.5. The zero-order valence-electron chi connectivity index (χ0n) is 23.3. The second kappa shape index (κ2) is 11.9. The van der Waals surface area contributed by atoms with Crippen molar-refractivity contribution in [1.82, 2.24) is 4.98 Å². The maximum atomic E-state index is 13.5. The third kappa shape index (κ3) is 5.60. The number of Topliss-reactive ketones (excluding diaryl/α,β-unsaturated/α-hetero) is 1. The highest BCUT2D eigenvalue weighted by Gasteiger charge is 2.48. The second-order valence-electron chi connectivity index (χ2n) is 9.67. The van der Waals surface area contributed by atoms with Gasteiger partial charge in [-0.05, 0) is 60.9 Å². The molecule has 218 valence electrons. The molecule has 43 heavy (non-hydrogen) atoms. The van der Waals surface area contributed by atoms with Gasteiger partial charge in [-0.15, -0.1) is 0 Å². The topological polar surface area (TPSA) is 149 Å². The van der Waals surface area contributed by atoms with Crippen molar-refractivity contribution < 1.29 is 33.9 Å². The van der Waals surface area contributed by atoms with Crippen molar-refractivity contribution in [3.63, 3.8) is 0 Å². The molecule has 2 heterocycles. The van der Waals surface area contributed by atoms with E-state index in [9.17, 15) is 29.6 Å². The Labute approximate surface area is 249 Å². The molecule has 1 N–H and O–H groups in total. The van der Waals surface area contributed by atoms with E-state index in [0.717, 1.165) is 21.8 Å². The van der Waals surface area contributed by atoms with E-state index in [1.165, 1.54) is 31.4 Å². The molecular formula is C31H25N3O8S. The normalized spacial score (nSPS) is 15.9. The molecule has 12 heteroatoms. The van der Waals surface area contributed by atoms with E-state index in [1.54, 1.807) is 32.0 Å². The van der Waals surface area contributed by atoms with Crippen LogP contribution in [0.25, 0.3) is 5.76 Å². The standard InChI is InChI=1S/C31H25N3O8S/c1-17-15-21(11-14-23(17)42-16-19-7-5-4-6-8-19)26(35)24-25(20-9-12-22(13-10-20)34(39)40)33(29(37)27(24)36)31-32-18(2)28(43-31)30(38)41-3/h4-15,25,35H,16H2,1-3H3/t25-/m1/s1. The van der Waals surface area contributed by atoms with Crippen molar-refractivity contribution in [2.75, 3.05) is 12.0 Å². The minimum absolute atomic E-state index is 0.0308. The monoisotopic (exact) mass is 599 g/mol. The summed E-state index contributed by atoms with van der Waals surface area (Å²) in [6, 6.07) is 18.6. The van der Waals surface area contributed by atoms with Crippen LogP contribution in [0.1, 0.15) is 43.7 Å². The summed E-state index contributed by atoms with van der Waals surface area (Å²) in [5.74, 6) is -2.48. The van der Waals surface area contributed by atoms with Crippen LogP contribution in [0.3, 0.4) is 0 Å². The molecule has 1 saturated heterocycles. The Morgan fingerprint density at radius 1 is 1.07 bits per heavy atom. The number of benzene rings is 3. The van der Waals surface area contributed by atoms with Crippen molar-refractivity contribution in [1.29, 1.82) is 0 Å². The van der Waals surface area contributed by atoms with Crippen LogP contribution in [-0.4, -0.2) is 39.8 Å². The maximum Gasteiger partial charge on any atom is 0.350 e. The van der Waals surface area contributed by atoms with Gasteiger partial charge in [0.15, 0.2) is 5.13 Å². The molecule has 0 aliphatic carbocycles. The molecule has 1 atom stereocenters. The number of methoxy groups -OCH3 is 1. The molecule has 1 aliphatic heterocycles. The van der Waals surface area contributed by atoms with Gasteiger partial charge >= 0.3 is 11.9 Å². The number of esters is 1. The first kappa shape index (κ1) is 29.1. The lowest BCUT2D eigenvalue weighted by atomic mass is 9.94. The highest BCUT2D eigenvalue weighted by Crippen LogP contribution is 2.44. The number of carbonyl (C=O) groups is 3. The number of aromatic nitrogens is 1. The number of hydrogen-bond acceptors (Lipinski definition) is 10. The first-order valence-corrected chi connectivity index (χ1v) is 13.8. The van der Waals surface area contributed by atoms with E-state index in [1.807, 2.05) is 30.3 Å². The number of anilines is 1. The fraction of sp³-hybridized carbons (Fsp3) is 0.161. The number of amides is 1. The molecule has 1 aromatic heterocycles. The molecule has 0 radical (unpaired) electrons. The number of hydrogen-bond donors (Lipinski definition) is 1. The van der Waals surface area contributed by atoms with Gasteiger partial charge in [0.05, 0.1) is 29.3 Å². The number of aliphatic hydroxyl groups excluding tert-OH is 1. The van der Waals surface area contributed by atoms with Crippen molar-refractivity contribution in [3.8, 4) is 5.75 Å². The molecule has 1 amide bonds. The van der Waals surface area contributed by atoms with Gasteiger partial charge in [0.25, 0.3) is 11.5 Å². The number of rotatable bonds is 8. The first-order valence-electron chi connectivity index (χ1n) is 13.0. The molecule has 1 fully saturated rings. The number of aliphatic hydroxyl groups is 1. The van der Waals surface area contributed by atoms with Gasteiger partial charge in [0, 0.05) is 17.7 Å². The van der Waals surface area contributed by atoms with Crippen LogP contribution >= 0.6 is 11.3 Å². The predicted octanol–water partition coefficient (Wildman–Crippen LogP) is 5.66. The minimum atomic E-state index is -1.19. The van der Waals surface area contributed by atoms with Crippen molar-refractivity contribution >= 4 is 45.6 Å². The number of ketones is 1. The van der Waals surface area contributed by atoms with Crippen molar-refractivity contribution in [3.05, 3.63) is 121 Å². The van der Waals surface area contributed by atoms with E-state index >= 15 is 0 Å². The van der Waals surface area contributed by atoms with E-state index < -0.39 is 34.4 Å². The molecule has 11 nitrogen and oxygen atoms in total. The summed E-state index contributed by atoms with van der Waals surface area (Å²) in [5, 5.41) is 22.8. The van der Waals surface area contributed by atoms with Gasteiger partial charge in [-0.2, -0.15) is 0 Å². The van der Waals surface area contributed by atoms with Gasteiger partial charge in [0.1, 0.15) is 23.0 Å². The lowest BCUT2D eigenvalue weighted by Gasteiger charge is -2.23. The summed E-state index contributed by atoms with van der Waals surface area (Å²) < 4.78 is 10.7. The molecule has 0 spiro atoms. The van der Waals surface area contributed by atoms with Crippen LogP contribution in [-0.2, 0) is 20.9 Å². The van der Waals surface area contributed by atoms with E-state index in [0.29, 0.717) is 23.5 Å². The Morgan fingerprint density at radius 3 is 2.40 bits per heavy atom. The molecular weight excluding hydrogens is 574 g/mol. The quantitative estimate of drug-likeness (QED) is 0.0676. The Hall–Kier alpha value is -5.36. The lowest BCUT2D eigenvalue weighted by molar-refractivity contribution is -0.384. The Morgan fingerprint density at radius 2 is 1.77 bits per heavy atom. The first-order chi connectivity index (χ1) is 20.6. The lowest BCUT2D eigenvalue weighted by Crippen LogP contribution is -2.29. The summed E-state index contributed by atoms with van der Waals surface area (Å²) in [6.45, 7) is 3.68. The van der Waals surface area contributed by atoms with Crippen LogP contribution < -0.4 is 9.64 Å². The number of non-ortho nitro benzene ring substituents is 1. The third-order valence-corrected chi connectivity index (χ3v) is 8.05. The molecule has 0 unspecified atom stereocenters. The average molecular weight is 600 g/mol. The number of ether oxygens (including phenoxy) is 2. The fourth-order valence-corrected chi connectivity index (χ4v) is 5.75. The SMILES string of the molecule is COC(=O)c1sc(N2C(=O)C(=O)C(=C(O)c3ccc(OCc4ccccc4)c(C)c3)[C@H]2c2ccc([N+](=O)[O-])cc2)nc1C. The van der Waals surface area contributed by atoms with Gasteiger partial charge in [-0.3, -0.25) is 24.6 Å². The summed E-state index contributed by atoms with van der Waals surface area (Å²) in [4.78, 5) is 55.5. The van der Waals surface area contributed by atoms with Crippen LogP contribution in [0.4, 0.5) is 10.8 Å². The highest BCUT2D eigenvalue weighted by atomic mass is 32.1. The molecule has 5 rings (SSSR count). The zero-order valence-corrected chi connectivity index (χ0v) is 24.1. The van der Waals surface area contributed by atoms with Gasteiger partial charge < -0.3 is 14.6 Å². The van der Waals surface area contributed by atoms with Crippen LogP contribution in [0.2, 0.25) is 0 Å². The van der Waals surface area contributed by atoms with Gasteiger partial charge in [0.2, 0.25) is 0 Å². The Bertz CT molecular complexity index is 1780. The van der Waals surface area contributed by atoms with Gasteiger partial charge in [-0.25, -0.2) is 9.78 Å². The van der Waals surface area contributed by atoms with E-state index in [-0.39, 0.29) is 32.5 Å².